The topological polar surface area (TPSA) is 80.1 Å². The minimum absolute atomic E-state index is 0.0130. The SMILES string of the molecule is O=C1CC[C@@H](c2nc(CNC3CCC(F)(F)CC3)no2)N1. The summed E-state index contributed by atoms with van der Waals surface area (Å²) in [4.78, 5) is 15.4. The Labute approximate surface area is 120 Å². The molecule has 1 atom stereocenters. The summed E-state index contributed by atoms with van der Waals surface area (Å²) in [5, 5.41) is 9.79. The van der Waals surface area contributed by atoms with Gasteiger partial charge in [0.25, 0.3) is 0 Å². The fraction of sp³-hybridized carbons (Fsp3) is 0.769. The second-order valence-electron chi connectivity index (χ2n) is 5.72. The zero-order chi connectivity index (χ0) is 14.9. The van der Waals surface area contributed by atoms with Crippen LogP contribution in [-0.2, 0) is 11.3 Å². The highest BCUT2D eigenvalue weighted by Crippen LogP contribution is 2.33. The second kappa shape index (κ2) is 5.67. The van der Waals surface area contributed by atoms with E-state index < -0.39 is 5.92 Å². The average molecular weight is 300 g/mol. The number of hydrogen-bond donors (Lipinski definition) is 2. The zero-order valence-electron chi connectivity index (χ0n) is 11.6. The van der Waals surface area contributed by atoms with Crippen molar-refractivity contribution in [2.45, 2.75) is 63.1 Å². The molecule has 1 amide bonds. The predicted octanol–water partition coefficient (Wildman–Crippen LogP) is 1.69. The molecular formula is C13H18F2N4O2. The van der Waals surface area contributed by atoms with E-state index in [0.717, 1.165) is 0 Å². The van der Waals surface area contributed by atoms with Gasteiger partial charge in [0.2, 0.25) is 17.7 Å². The number of aromatic nitrogens is 2. The molecule has 2 N–H and O–H groups in total. The molecule has 6 nitrogen and oxygen atoms in total. The van der Waals surface area contributed by atoms with E-state index in [9.17, 15) is 13.6 Å². The molecule has 1 aromatic heterocycles. The molecule has 2 aliphatic rings. The Bertz CT molecular complexity index is 510. The van der Waals surface area contributed by atoms with Gasteiger partial charge in [0.05, 0.1) is 6.54 Å². The highest BCUT2D eigenvalue weighted by molar-refractivity contribution is 5.78. The maximum atomic E-state index is 13.0. The highest BCUT2D eigenvalue weighted by Gasteiger charge is 2.34. The second-order valence-corrected chi connectivity index (χ2v) is 5.72. The summed E-state index contributed by atoms with van der Waals surface area (Å²) in [6, 6.07) is -0.134. The predicted molar refractivity (Wildman–Crippen MR) is 68.5 cm³/mol. The monoisotopic (exact) mass is 300 g/mol. The third kappa shape index (κ3) is 3.55. The van der Waals surface area contributed by atoms with Gasteiger partial charge < -0.3 is 15.2 Å². The van der Waals surface area contributed by atoms with Crippen molar-refractivity contribution < 1.29 is 18.1 Å². The van der Waals surface area contributed by atoms with Gasteiger partial charge in [-0.25, -0.2) is 8.78 Å². The van der Waals surface area contributed by atoms with E-state index in [1.165, 1.54) is 0 Å². The van der Waals surface area contributed by atoms with Crippen LogP contribution in [0.1, 0.15) is 56.3 Å². The standard InChI is InChI=1S/C13H18F2N4O2/c14-13(15)5-3-8(4-6-13)16-7-10-18-12(21-19-10)9-1-2-11(20)17-9/h8-9,16H,1-7H2,(H,17,20)/t9-/m0/s1. The molecule has 0 spiro atoms. The van der Waals surface area contributed by atoms with Crippen molar-refractivity contribution in [1.82, 2.24) is 20.8 Å². The first kappa shape index (κ1) is 14.4. The van der Waals surface area contributed by atoms with Crippen molar-refractivity contribution in [3.63, 3.8) is 0 Å². The first-order chi connectivity index (χ1) is 10.0. The lowest BCUT2D eigenvalue weighted by Gasteiger charge is -2.28. The van der Waals surface area contributed by atoms with E-state index in [4.69, 9.17) is 4.52 Å². The summed E-state index contributed by atoms with van der Waals surface area (Å²) < 4.78 is 31.2. The minimum atomic E-state index is -2.52. The van der Waals surface area contributed by atoms with Gasteiger partial charge in [0.1, 0.15) is 6.04 Å². The Morgan fingerprint density at radius 3 is 2.76 bits per heavy atom. The van der Waals surface area contributed by atoms with Gasteiger partial charge in [-0.3, -0.25) is 4.79 Å². The summed E-state index contributed by atoms with van der Waals surface area (Å²) in [5.74, 6) is -1.63. The fourth-order valence-corrected chi connectivity index (χ4v) is 2.76. The van der Waals surface area contributed by atoms with E-state index in [2.05, 4.69) is 20.8 Å². The highest BCUT2D eigenvalue weighted by atomic mass is 19.3. The van der Waals surface area contributed by atoms with Crippen LogP contribution >= 0.6 is 0 Å². The molecule has 3 rings (SSSR count). The van der Waals surface area contributed by atoms with Gasteiger partial charge in [-0.1, -0.05) is 5.16 Å². The van der Waals surface area contributed by atoms with Gasteiger partial charge >= 0.3 is 0 Å². The van der Waals surface area contributed by atoms with Crippen molar-refractivity contribution in [3.8, 4) is 0 Å². The molecule has 1 saturated carbocycles. The number of nitrogens with zero attached hydrogens (tertiary/aromatic N) is 2. The van der Waals surface area contributed by atoms with Crippen LogP contribution < -0.4 is 10.6 Å². The number of nitrogens with one attached hydrogen (secondary N) is 2. The summed E-state index contributed by atoms with van der Waals surface area (Å²) >= 11 is 0. The average Bonchev–Trinajstić information content (AvgIpc) is 3.06. The van der Waals surface area contributed by atoms with Gasteiger partial charge in [0, 0.05) is 25.3 Å². The largest absolute Gasteiger partial charge is 0.344 e. The summed E-state index contributed by atoms with van der Waals surface area (Å²) in [7, 11) is 0. The number of hydrogen-bond acceptors (Lipinski definition) is 5. The first-order valence-electron chi connectivity index (χ1n) is 7.25. The molecule has 1 saturated heterocycles. The molecule has 2 heterocycles. The molecule has 2 fully saturated rings. The van der Waals surface area contributed by atoms with E-state index in [0.29, 0.717) is 43.9 Å². The molecule has 0 bridgehead atoms. The van der Waals surface area contributed by atoms with Crippen LogP contribution in [0.5, 0.6) is 0 Å². The first-order valence-corrected chi connectivity index (χ1v) is 7.25. The Morgan fingerprint density at radius 1 is 1.33 bits per heavy atom. The van der Waals surface area contributed by atoms with Crippen LogP contribution in [0.2, 0.25) is 0 Å². The number of halogens is 2. The Hall–Kier alpha value is -1.57. The van der Waals surface area contributed by atoms with Gasteiger partial charge in [-0.05, 0) is 19.3 Å². The lowest BCUT2D eigenvalue weighted by molar-refractivity contribution is -0.119. The lowest BCUT2D eigenvalue weighted by atomic mass is 9.92. The maximum absolute atomic E-state index is 13.0. The summed E-state index contributed by atoms with van der Waals surface area (Å²) in [5.41, 5.74) is 0. The van der Waals surface area contributed by atoms with Crippen molar-refractivity contribution in [3.05, 3.63) is 11.7 Å². The smallest absolute Gasteiger partial charge is 0.249 e. The lowest BCUT2D eigenvalue weighted by Crippen LogP contribution is -2.36. The van der Waals surface area contributed by atoms with Crippen molar-refractivity contribution >= 4 is 5.91 Å². The van der Waals surface area contributed by atoms with Crippen LogP contribution in [0, 0.1) is 0 Å². The van der Waals surface area contributed by atoms with Crippen LogP contribution in [-0.4, -0.2) is 28.0 Å². The Kier molecular flexibility index (Phi) is 3.88. The number of amides is 1. The van der Waals surface area contributed by atoms with Gasteiger partial charge in [0.15, 0.2) is 5.82 Å². The molecule has 0 radical (unpaired) electrons. The quantitative estimate of drug-likeness (QED) is 0.884. The van der Waals surface area contributed by atoms with Crippen LogP contribution in [0.25, 0.3) is 0 Å². The number of carbonyl (C=O) groups is 1. The molecule has 1 aromatic rings. The zero-order valence-corrected chi connectivity index (χ0v) is 11.6. The Morgan fingerprint density at radius 2 is 2.10 bits per heavy atom. The molecule has 21 heavy (non-hydrogen) atoms. The molecule has 1 aliphatic carbocycles. The Balaban J connectivity index is 1.48. The molecule has 1 aliphatic heterocycles. The third-order valence-corrected chi connectivity index (χ3v) is 4.04. The number of carbonyl (C=O) groups excluding carboxylic acids is 1. The number of alkyl halides is 2. The molecule has 116 valence electrons. The van der Waals surface area contributed by atoms with Crippen LogP contribution in [0.3, 0.4) is 0 Å². The van der Waals surface area contributed by atoms with E-state index in [1.807, 2.05) is 0 Å². The summed E-state index contributed by atoms with van der Waals surface area (Å²) in [6.07, 6.45) is 1.89. The van der Waals surface area contributed by atoms with Crippen LogP contribution in [0.4, 0.5) is 8.78 Å². The van der Waals surface area contributed by atoms with E-state index in [1.54, 1.807) is 0 Å². The van der Waals surface area contributed by atoms with E-state index in [-0.39, 0.29) is 30.8 Å². The van der Waals surface area contributed by atoms with Crippen molar-refractivity contribution in [2.75, 3.05) is 0 Å². The number of rotatable bonds is 4. The van der Waals surface area contributed by atoms with Crippen molar-refractivity contribution in [2.24, 2.45) is 0 Å². The van der Waals surface area contributed by atoms with Crippen molar-refractivity contribution in [1.29, 1.82) is 0 Å². The molecule has 8 heteroatoms. The van der Waals surface area contributed by atoms with Gasteiger partial charge in [-0.2, -0.15) is 4.98 Å². The molecular weight excluding hydrogens is 282 g/mol. The third-order valence-electron chi connectivity index (χ3n) is 4.04. The molecule has 0 unspecified atom stereocenters. The van der Waals surface area contributed by atoms with E-state index >= 15 is 0 Å². The minimum Gasteiger partial charge on any atom is -0.344 e. The molecule has 0 aromatic carbocycles. The van der Waals surface area contributed by atoms with Gasteiger partial charge in [-0.15, -0.1) is 0 Å². The maximum Gasteiger partial charge on any atom is 0.249 e. The van der Waals surface area contributed by atoms with Crippen LogP contribution in [0.15, 0.2) is 4.52 Å². The normalized spacial score (nSPS) is 26.0. The summed E-state index contributed by atoms with van der Waals surface area (Å²) in [6.45, 7) is 0.389. The fourth-order valence-electron chi connectivity index (χ4n) is 2.76.